The number of carbonyl (C=O) groups excluding carboxylic acids is 1. The van der Waals surface area contributed by atoms with E-state index in [1.807, 2.05) is 0 Å². The van der Waals surface area contributed by atoms with Crippen LogP contribution in [0.2, 0.25) is 0 Å². The molecule has 0 aliphatic heterocycles. The number of alkyl halides is 2. The fourth-order valence-electron chi connectivity index (χ4n) is 3.72. The third kappa shape index (κ3) is 5.02. The molecule has 0 spiro atoms. The summed E-state index contributed by atoms with van der Waals surface area (Å²) in [4.78, 5) is 16.0. The highest BCUT2D eigenvalue weighted by molar-refractivity contribution is 7.91. The Labute approximate surface area is 169 Å². The zero-order valence-electron chi connectivity index (χ0n) is 16.1. The van der Waals surface area contributed by atoms with Gasteiger partial charge in [-0.25, -0.2) is 4.39 Å². The van der Waals surface area contributed by atoms with Crippen LogP contribution >= 0.6 is 0 Å². The van der Waals surface area contributed by atoms with Gasteiger partial charge in [0.2, 0.25) is 0 Å². The SMILES string of the molecule is CC(C)(O)[C@H]1CC[C@H](NC(=O)c2cnc3cc([S+]([O-])C(F)F)c(F)cc3c2)CC1. The summed E-state index contributed by atoms with van der Waals surface area (Å²) in [5.74, 6) is -4.39. The number of nitrogens with zero attached hydrogens (tertiary/aromatic N) is 1. The predicted octanol–water partition coefficient (Wildman–Crippen LogP) is 3.76. The summed E-state index contributed by atoms with van der Waals surface area (Å²) >= 11 is -2.78. The molecular formula is C20H23F3N2O3S. The Morgan fingerprint density at radius 3 is 2.52 bits per heavy atom. The number of fused-ring (bicyclic) bond motifs is 1. The lowest BCUT2D eigenvalue weighted by Gasteiger charge is -2.36. The number of carbonyl (C=O) groups is 1. The fourth-order valence-corrected chi connectivity index (χ4v) is 4.39. The number of rotatable bonds is 5. The molecule has 5 nitrogen and oxygen atoms in total. The number of halogens is 3. The first-order valence-corrected chi connectivity index (χ1v) is 10.6. The molecule has 1 aliphatic rings. The molecule has 2 N–H and O–H groups in total. The van der Waals surface area contributed by atoms with Gasteiger partial charge < -0.3 is 15.0 Å². The minimum absolute atomic E-state index is 0.0237. The maximum Gasteiger partial charge on any atom is 0.402 e. The molecule has 2 aromatic rings. The molecule has 1 aliphatic carbocycles. The summed E-state index contributed by atoms with van der Waals surface area (Å²) in [6, 6.07) is 3.39. The van der Waals surface area contributed by atoms with E-state index in [9.17, 15) is 27.6 Å². The Morgan fingerprint density at radius 1 is 1.28 bits per heavy atom. The molecule has 1 saturated carbocycles. The number of amides is 1. The number of benzene rings is 1. The van der Waals surface area contributed by atoms with Gasteiger partial charge in [0.15, 0.2) is 10.7 Å². The Kier molecular flexibility index (Phi) is 6.40. The molecule has 1 aromatic heterocycles. The van der Waals surface area contributed by atoms with Gasteiger partial charge >= 0.3 is 5.76 Å². The highest BCUT2D eigenvalue weighted by atomic mass is 32.2. The van der Waals surface area contributed by atoms with Gasteiger partial charge in [0, 0.05) is 23.7 Å². The number of hydrogen-bond donors (Lipinski definition) is 2. The van der Waals surface area contributed by atoms with E-state index in [0.717, 1.165) is 37.8 Å². The lowest BCUT2D eigenvalue weighted by atomic mass is 9.77. The van der Waals surface area contributed by atoms with Crippen LogP contribution in [0.3, 0.4) is 0 Å². The minimum atomic E-state index is -3.20. The molecule has 1 fully saturated rings. The first kappa shape index (κ1) is 21.9. The first-order valence-electron chi connectivity index (χ1n) is 9.37. The van der Waals surface area contributed by atoms with Gasteiger partial charge in [-0.3, -0.25) is 9.78 Å². The number of aliphatic hydroxyl groups is 1. The summed E-state index contributed by atoms with van der Waals surface area (Å²) in [7, 11) is 0. The molecule has 0 saturated heterocycles. The Balaban J connectivity index is 1.72. The van der Waals surface area contributed by atoms with Gasteiger partial charge in [0.1, 0.15) is 0 Å². The van der Waals surface area contributed by atoms with Gasteiger partial charge in [-0.05, 0) is 57.6 Å². The van der Waals surface area contributed by atoms with Crippen LogP contribution < -0.4 is 5.32 Å². The quantitative estimate of drug-likeness (QED) is 0.710. The second kappa shape index (κ2) is 8.49. The smallest absolute Gasteiger partial charge is 0.402 e. The van der Waals surface area contributed by atoms with E-state index in [4.69, 9.17) is 0 Å². The number of nitrogens with one attached hydrogen (secondary N) is 1. The van der Waals surface area contributed by atoms with Crippen molar-refractivity contribution in [2.75, 3.05) is 0 Å². The summed E-state index contributed by atoms with van der Waals surface area (Å²) in [6.45, 7) is 3.58. The molecule has 1 atom stereocenters. The molecule has 1 amide bonds. The summed E-state index contributed by atoms with van der Waals surface area (Å²) in [5, 5.41) is 13.3. The summed E-state index contributed by atoms with van der Waals surface area (Å²) < 4.78 is 50.8. The molecular weight excluding hydrogens is 405 g/mol. The summed E-state index contributed by atoms with van der Waals surface area (Å²) in [5.41, 5.74) is -0.337. The van der Waals surface area contributed by atoms with E-state index in [1.165, 1.54) is 12.3 Å². The lowest BCUT2D eigenvalue weighted by Crippen LogP contribution is -2.41. The minimum Gasteiger partial charge on any atom is -0.607 e. The van der Waals surface area contributed by atoms with Crippen molar-refractivity contribution >= 4 is 28.0 Å². The van der Waals surface area contributed by atoms with Crippen LogP contribution in [0, 0.1) is 11.7 Å². The third-order valence-electron chi connectivity index (χ3n) is 5.44. The maximum atomic E-state index is 14.1. The van der Waals surface area contributed by atoms with E-state index >= 15 is 0 Å². The van der Waals surface area contributed by atoms with Crippen LogP contribution in [0.15, 0.2) is 29.3 Å². The standard InChI is InChI=1S/C20H23F3N2O3S/c1-20(2,27)13-3-5-14(6-4-13)25-18(26)12-7-11-8-15(21)17(29(28)19(22)23)9-16(11)24-10-12/h7-10,13-14,19,27H,3-6H2,1-2H3,(H,25,26)/t13-,14-,29?. The van der Waals surface area contributed by atoms with Crippen LogP contribution in [0.25, 0.3) is 10.9 Å². The van der Waals surface area contributed by atoms with Crippen molar-refractivity contribution in [2.45, 2.75) is 61.8 Å². The van der Waals surface area contributed by atoms with Crippen LogP contribution in [-0.4, -0.2) is 38.0 Å². The monoisotopic (exact) mass is 428 g/mol. The van der Waals surface area contributed by atoms with Gasteiger partial charge in [-0.1, -0.05) is 0 Å². The van der Waals surface area contributed by atoms with E-state index < -0.39 is 33.2 Å². The first-order chi connectivity index (χ1) is 13.6. The average Bonchev–Trinajstić information content (AvgIpc) is 2.66. The van der Waals surface area contributed by atoms with Crippen molar-refractivity contribution in [3.8, 4) is 0 Å². The second-order valence-corrected chi connectivity index (χ2v) is 9.32. The Bertz CT molecular complexity index is 896. The predicted molar refractivity (Wildman–Crippen MR) is 104 cm³/mol. The van der Waals surface area contributed by atoms with Crippen molar-refractivity contribution in [3.05, 3.63) is 35.8 Å². The van der Waals surface area contributed by atoms with Crippen molar-refractivity contribution in [2.24, 2.45) is 5.92 Å². The van der Waals surface area contributed by atoms with Gasteiger partial charge in [-0.15, -0.1) is 0 Å². The zero-order valence-corrected chi connectivity index (χ0v) is 16.9. The van der Waals surface area contributed by atoms with Crippen molar-refractivity contribution in [1.82, 2.24) is 10.3 Å². The van der Waals surface area contributed by atoms with E-state index in [2.05, 4.69) is 10.3 Å². The van der Waals surface area contributed by atoms with Crippen LogP contribution in [0.4, 0.5) is 13.2 Å². The maximum absolute atomic E-state index is 14.1. The average molecular weight is 428 g/mol. The van der Waals surface area contributed by atoms with Crippen LogP contribution in [0.1, 0.15) is 49.9 Å². The number of hydrogen-bond acceptors (Lipinski definition) is 4. The van der Waals surface area contributed by atoms with Crippen molar-refractivity contribution in [3.63, 3.8) is 0 Å². The molecule has 1 heterocycles. The molecule has 158 valence electrons. The lowest BCUT2D eigenvalue weighted by molar-refractivity contribution is -0.00257. The highest BCUT2D eigenvalue weighted by Gasteiger charge is 2.32. The van der Waals surface area contributed by atoms with Crippen molar-refractivity contribution < 1.29 is 27.6 Å². The fraction of sp³-hybridized carbons (Fsp3) is 0.500. The Morgan fingerprint density at radius 2 is 1.93 bits per heavy atom. The number of pyridine rings is 1. The Hall–Kier alpha value is -1.84. The topological polar surface area (TPSA) is 85.3 Å². The molecule has 29 heavy (non-hydrogen) atoms. The normalized spacial score (nSPS) is 21.4. The van der Waals surface area contributed by atoms with Crippen LogP contribution in [-0.2, 0) is 11.2 Å². The van der Waals surface area contributed by atoms with Gasteiger partial charge in [0.25, 0.3) is 5.91 Å². The summed E-state index contributed by atoms with van der Waals surface area (Å²) in [6.07, 6.45) is 4.39. The largest absolute Gasteiger partial charge is 0.607 e. The highest BCUT2D eigenvalue weighted by Crippen LogP contribution is 2.32. The molecule has 0 radical (unpaired) electrons. The molecule has 3 rings (SSSR count). The zero-order chi connectivity index (χ0) is 21.3. The van der Waals surface area contributed by atoms with Crippen molar-refractivity contribution in [1.29, 1.82) is 0 Å². The molecule has 1 unspecified atom stereocenters. The van der Waals surface area contributed by atoms with E-state index in [-0.39, 0.29) is 34.3 Å². The molecule has 0 bridgehead atoms. The number of aromatic nitrogens is 1. The second-order valence-electron chi connectivity index (χ2n) is 7.93. The van der Waals surface area contributed by atoms with E-state index in [0.29, 0.717) is 0 Å². The third-order valence-corrected chi connectivity index (χ3v) is 6.51. The van der Waals surface area contributed by atoms with Gasteiger partial charge in [-0.2, -0.15) is 8.78 Å². The van der Waals surface area contributed by atoms with Crippen LogP contribution in [0.5, 0.6) is 0 Å². The molecule has 1 aromatic carbocycles. The molecule has 9 heteroatoms. The van der Waals surface area contributed by atoms with E-state index in [1.54, 1.807) is 13.8 Å². The van der Waals surface area contributed by atoms with Gasteiger partial charge in [0.05, 0.1) is 27.9 Å².